The monoisotopic (exact) mass is 500 g/mol. The van der Waals surface area contributed by atoms with Crippen LogP contribution < -0.4 is 0 Å². The van der Waals surface area contributed by atoms with Crippen molar-refractivity contribution in [3.63, 3.8) is 0 Å². The first kappa shape index (κ1) is 26.1. The van der Waals surface area contributed by atoms with E-state index < -0.39 is 34.6 Å². The van der Waals surface area contributed by atoms with E-state index >= 15 is 4.39 Å². The van der Waals surface area contributed by atoms with Crippen molar-refractivity contribution in [2.45, 2.75) is 51.6 Å². The molecular formula is C30H29F5O. The summed E-state index contributed by atoms with van der Waals surface area (Å²) >= 11 is 0. The summed E-state index contributed by atoms with van der Waals surface area (Å²) in [4.78, 5) is 0. The summed E-state index contributed by atoms with van der Waals surface area (Å²) in [7, 11) is 0. The lowest BCUT2D eigenvalue weighted by Crippen LogP contribution is -2.24. The minimum Gasteiger partial charge on any atom is -0.374 e. The quantitative estimate of drug-likeness (QED) is 0.222. The Morgan fingerprint density at radius 3 is 2.08 bits per heavy atom. The fourth-order valence-corrected chi connectivity index (χ4v) is 4.76. The minimum atomic E-state index is -1.31. The van der Waals surface area contributed by atoms with Gasteiger partial charge in [0.1, 0.15) is 5.82 Å². The van der Waals surface area contributed by atoms with Gasteiger partial charge in [-0.1, -0.05) is 55.8 Å². The van der Waals surface area contributed by atoms with E-state index in [0.29, 0.717) is 31.4 Å². The second-order valence-electron chi connectivity index (χ2n) is 9.33. The van der Waals surface area contributed by atoms with Crippen molar-refractivity contribution in [1.29, 1.82) is 0 Å². The lowest BCUT2D eigenvalue weighted by molar-refractivity contribution is 0.00880. The third-order valence-electron chi connectivity index (χ3n) is 6.91. The van der Waals surface area contributed by atoms with Crippen LogP contribution in [0.3, 0.4) is 0 Å². The normalized spacial score (nSPS) is 17.8. The molecule has 0 radical (unpaired) electrons. The number of halogens is 5. The predicted molar refractivity (Wildman–Crippen MR) is 132 cm³/mol. The number of aryl methyl sites for hydroxylation is 2. The Labute approximate surface area is 208 Å². The molecule has 0 amide bonds. The first-order valence-corrected chi connectivity index (χ1v) is 12.3. The smallest absolute Gasteiger partial charge is 0.167 e. The number of hydrogen-bond acceptors (Lipinski definition) is 1. The van der Waals surface area contributed by atoms with Crippen LogP contribution in [0.25, 0.3) is 22.3 Å². The highest BCUT2D eigenvalue weighted by molar-refractivity contribution is 5.72. The molecule has 0 aromatic heterocycles. The zero-order valence-electron chi connectivity index (χ0n) is 20.2. The Morgan fingerprint density at radius 1 is 0.806 bits per heavy atom. The lowest BCUT2D eigenvalue weighted by atomic mass is 9.91. The van der Waals surface area contributed by atoms with Crippen LogP contribution in [0.2, 0.25) is 0 Å². The highest BCUT2D eigenvalue weighted by atomic mass is 19.2. The third kappa shape index (κ3) is 5.39. The molecule has 1 aliphatic rings. The van der Waals surface area contributed by atoms with Crippen molar-refractivity contribution in [3.8, 4) is 22.3 Å². The molecule has 3 aromatic rings. The number of benzene rings is 3. The highest BCUT2D eigenvalue weighted by Crippen LogP contribution is 2.35. The van der Waals surface area contributed by atoms with Gasteiger partial charge in [-0.25, -0.2) is 22.0 Å². The van der Waals surface area contributed by atoms with Crippen molar-refractivity contribution >= 4 is 0 Å². The molecule has 0 N–H and O–H groups in total. The molecule has 0 aliphatic carbocycles. The number of hydrogen-bond donors (Lipinski definition) is 0. The molecule has 1 heterocycles. The summed E-state index contributed by atoms with van der Waals surface area (Å²) in [6.45, 7) is 6.18. The maximum absolute atomic E-state index is 15.0. The maximum atomic E-state index is 15.0. The summed E-state index contributed by atoms with van der Waals surface area (Å²) in [5, 5.41) is 0. The topological polar surface area (TPSA) is 9.23 Å². The molecule has 0 bridgehead atoms. The first-order chi connectivity index (χ1) is 17.3. The summed E-state index contributed by atoms with van der Waals surface area (Å²) in [6.07, 6.45) is 5.79. The zero-order valence-corrected chi connectivity index (χ0v) is 20.2. The van der Waals surface area contributed by atoms with E-state index in [1.54, 1.807) is 12.1 Å². The molecule has 1 saturated heterocycles. The molecule has 0 saturated carbocycles. The number of ether oxygens (including phenoxy) is 1. The van der Waals surface area contributed by atoms with E-state index in [-0.39, 0.29) is 34.3 Å². The predicted octanol–water partition coefficient (Wildman–Crippen LogP) is 8.58. The third-order valence-corrected chi connectivity index (χ3v) is 6.91. The van der Waals surface area contributed by atoms with Gasteiger partial charge in [-0.05, 0) is 60.8 Å². The molecule has 1 nitrogen and oxygen atoms in total. The van der Waals surface area contributed by atoms with Gasteiger partial charge in [0.2, 0.25) is 0 Å². The van der Waals surface area contributed by atoms with E-state index in [1.165, 1.54) is 30.3 Å². The molecule has 36 heavy (non-hydrogen) atoms. The zero-order chi connectivity index (χ0) is 25.8. The molecule has 190 valence electrons. The van der Waals surface area contributed by atoms with Crippen LogP contribution in [0.15, 0.2) is 55.1 Å². The van der Waals surface area contributed by atoms with Crippen LogP contribution in [-0.4, -0.2) is 12.7 Å². The summed E-state index contributed by atoms with van der Waals surface area (Å²) in [5.41, 5.74) is -0.0555. The standard InChI is InChI=1S/C30H29F5O/c1-3-5-19-9-10-21(16-26(19)31)23-14-15-25(30(35)28(23)33)24-13-11-20(27(32)29(24)34)8-6-18-7-12-22(4-2)36-17-18/h4,9-11,13-16,18,22H,2-3,5-8,12,17H2,1H3. The van der Waals surface area contributed by atoms with Crippen LogP contribution in [-0.2, 0) is 17.6 Å². The molecule has 6 heteroatoms. The van der Waals surface area contributed by atoms with E-state index in [0.717, 1.165) is 25.3 Å². The fraction of sp³-hybridized carbons (Fsp3) is 0.333. The summed E-state index contributed by atoms with van der Waals surface area (Å²) in [6, 6.07) is 9.37. The van der Waals surface area contributed by atoms with Crippen molar-refractivity contribution in [1.82, 2.24) is 0 Å². The van der Waals surface area contributed by atoms with Gasteiger partial charge < -0.3 is 4.74 Å². The Hall–Kier alpha value is -2.99. The van der Waals surface area contributed by atoms with Crippen LogP contribution in [0.4, 0.5) is 22.0 Å². The van der Waals surface area contributed by atoms with Crippen LogP contribution in [0, 0.1) is 35.0 Å². The Morgan fingerprint density at radius 2 is 1.44 bits per heavy atom. The highest BCUT2D eigenvalue weighted by Gasteiger charge is 2.23. The van der Waals surface area contributed by atoms with Gasteiger partial charge >= 0.3 is 0 Å². The minimum absolute atomic E-state index is 0.0378. The van der Waals surface area contributed by atoms with E-state index in [1.807, 2.05) is 6.92 Å². The molecule has 1 fully saturated rings. The largest absolute Gasteiger partial charge is 0.374 e. The van der Waals surface area contributed by atoms with Gasteiger partial charge in [-0.3, -0.25) is 0 Å². The van der Waals surface area contributed by atoms with E-state index in [2.05, 4.69) is 6.58 Å². The summed E-state index contributed by atoms with van der Waals surface area (Å²) < 4.78 is 79.8. The van der Waals surface area contributed by atoms with Gasteiger partial charge in [0.25, 0.3) is 0 Å². The molecule has 4 rings (SSSR count). The first-order valence-electron chi connectivity index (χ1n) is 12.3. The van der Waals surface area contributed by atoms with Gasteiger partial charge in [-0.15, -0.1) is 6.58 Å². The Balaban J connectivity index is 1.55. The molecule has 0 spiro atoms. The van der Waals surface area contributed by atoms with Crippen molar-refractivity contribution in [2.75, 3.05) is 6.61 Å². The molecule has 1 aliphatic heterocycles. The van der Waals surface area contributed by atoms with E-state index in [9.17, 15) is 17.6 Å². The Kier molecular flexibility index (Phi) is 8.24. The second-order valence-corrected chi connectivity index (χ2v) is 9.33. The van der Waals surface area contributed by atoms with E-state index in [4.69, 9.17) is 4.74 Å². The Bertz CT molecular complexity index is 1240. The van der Waals surface area contributed by atoms with Crippen molar-refractivity contribution in [3.05, 3.63) is 95.3 Å². The number of rotatable bonds is 8. The fourth-order valence-electron chi connectivity index (χ4n) is 4.76. The lowest BCUT2D eigenvalue weighted by Gasteiger charge is -2.27. The van der Waals surface area contributed by atoms with Crippen LogP contribution in [0.1, 0.15) is 43.7 Å². The molecule has 2 unspecified atom stereocenters. The van der Waals surface area contributed by atoms with Gasteiger partial charge in [-0.2, -0.15) is 0 Å². The molecule has 2 atom stereocenters. The SMILES string of the molecule is C=CC1CCC(CCc2ccc(-c3ccc(-c4ccc(CCC)c(F)c4)c(F)c3F)c(F)c2F)CO1. The average molecular weight is 501 g/mol. The van der Waals surface area contributed by atoms with Crippen LogP contribution in [0.5, 0.6) is 0 Å². The summed E-state index contributed by atoms with van der Waals surface area (Å²) in [5.74, 6) is -5.10. The molecule has 3 aromatic carbocycles. The maximum Gasteiger partial charge on any atom is 0.167 e. The molecular weight excluding hydrogens is 471 g/mol. The van der Waals surface area contributed by atoms with Gasteiger partial charge in [0.15, 0.2) is 23.3 Å². The second kappa shape index (κ2) is 11.4. The van der Waals surface area contributed by atoms with Gasteiger partial charge in [0.05, 0.1) is 12.7 Å². The average Bonchev–Trinajstić information content (AvgIpc) is 2.88. The van der Waals surface area contributed by atoms with Gasteiger partial charge in [0, 0.05) is 16.7 Å². The van der Waals surface area contributed by atoms with Crippen LogP contribution >= 0.6 is 0 Å². The van der Waals surface area contributed by atoms with Crippen molar-refractivity contribution in [2.24, 2.45) is 5.92 Å². The van der Waals surface area contributed by atoms with Crippen molar-refractivity contribution < 1.29 is 26.7 Å².